The number of rotatable bonds is 5. The van der Waals surface area contributed by atoms with Crippen molar-refractivity contribution in [1.29, 1.82) is 0 Å². The summed E-state index contributed by atoms with van der Waals surface area (Å²) in [5.41, 5.74) is 0.231. The van der Waals surface area contributed by atoms with Crippen LogP contribution in [0.5, 0.6) is 0 Å². The van der Waals surface area contributed by atoms with Crippen molar-refractivity contribution < 1.29 is 19.1 Å². The molecule has 0 bridgehead atoms. The zero-order chi connectivity index (χ0) is 16.3. The molecule has 2 atom stereocenters. The Balaban J connectivity index is 1.52. The lowest BCUT2D eigenvalue weighted by Crippen LogP contribution is -2.41. The minimum Gasteiger partial charge on any atom is -0.469 e. The molecule has 2 N–H and O–H groups in total. The van der Waals surface area contributed by atoms with E-state index in [4.69, 9.17) is 9.47 Å². The minimum atomic E-state index is -0.254. The lowest BCUT2D eigenvalue weighted by atomic mass is 9.85. The predicted octanol–water partition coefficient (Wildman–Crippen LogP) is 0.708. The smallest absolute Gasteiger partial charge is 0.310 e. The fourth-order valence-electron chi connectivity index (χ4n) is 4.24. The molecule has 1 amide bonds. The maximum atomic E-state index is 12.5. The molecule has 0 aromatic carbocycles. The van der Waals surface area contributed by atoms with Crippen molar-refractivity contribution in [3.63, 3.8) is 0 Å². The van der Waals surface area contributed by atoms with Gasteiger partial charge in [-0.05, 0) is 56.5 Å². The van der Waals surface area contributed by atoms with E-state index in [0.717, 1.165) is 45.2 Å². The van der Waals surface area contributed by atoms with Crippen LogP contribution in [0.25, 0.3) is 0 Å². The molecule has 6 heteroatoms. The van der Waals surface area contributed by atoms with E-state index >= 15 is 0 Å². The molecule has 2 saturated heterocycles. The van der Waals surface area contributed by atoms with Gasteiger partial charge in [0.25, 0.3) is 0 Å². The minimum absolute atomic E-state index is 0.118. The highest BCUT2D eigenvalue weighted by Crippen LogP contribution is 2.58. The molecule has 3 fully saturated rings. The van der Waals surface area contributed by atoms with Crippen LogP contribution in [0.1, 0.15) is 32.1 Å². The summed E-state index contributed by atoms with van der Waals surface area (Å²) in [4.78, 5) is 24.6. The van der Waals surface area contributed by atoms with Crippen LogP contribution in [0.3, 0.4) is 0 Å². The molecule has 6 nitrogen and oxygen atoms in total. The molecule has 0 aromatic heterocycles. The van der Waals surface area contributed by atoms with Gasteiger partial charge in [0, 0.05) is 25.7 Å². The number of esters is 1. The maximum absolute atomic E-state index is 12.5. The fourth-order valence-corrected chi connectivity index (χ4v) is 4.24. The summed E-state index contributed by atoms with van der Waals surface area (Å²) < 4.78 is 10.3. The Kier molecular flexibility index (Phi) is 5.21. The number of hydrogen-bond donors (Lipinski definition) is 2. The maximum Gasteiger partial charge on any atom is 0.310 e. The summed E-state index contributed by atoms with van der Waals surface area (Å²) >= 11 is 0. The first kappa shape index (κ1) is 16.7. The van der Waals surface area contributed by atoms with Crippen molar-refractivity contribution in [1.82, 2.24) is 10.6 Å². The Bertz CT molecular complexity index is 442. The van der Waals surface area contributed by atoms with Crippen molar-refractivity contribution >= 4 is 11.9 Å². The first-order chi connectivity index (χ1) is 11.2. The van der Waals surface area contributed by atoms with Crippen LogP contribution in [-0.4, -0.2) is 51.8 Å². The van der Waals surface area contributed by atoms with Crippen molar-refractivity contribution in [3.05, 3.63) is 0 Å². The van der Waals surface area contributed by atoms with E-state index in [9.17, 15) is 9.59 Å². The van der Waals surface area contributed by atoms with E-state index in [1.165, 1.54) is 7.11 Å². The number of ether oxygens (including phenoxy) is 2. The monoisotopic (exact) mass is 324 g/mol. The molecular formula is C17H28N2O4. The summed E-state index contributed by atoms with van der Waals surface area (Å²) in [5, 5.41) is 6.38. The van der Waals surface area contributed by atoms with Gasteiger partial charge in [0.05, 0.1) is 13.0 Å². The first-order valence-electron chi connectivity index (χ1n) is 8.80. The second kappa shape index (κ2) is 7.18. The lowest BCUT2D eigenvalue weighted by molar-refractivity contribution is -0.148. The third kappa shape index (κ3) is 3.69. The number of piperidine rings is 1. The number of hydrogen-bond acceptors (Lipinski definition) is 5. The van der Waals surface area contributed by atoms with Crippen LogP contribution in [-0.2, 0) is 19.1 Å². The van der Waals surface area contributed by atoms with Crippen molar-refractivity contribution in [3.8, 4) is 0 Å². The van der Waals surface area contributed by atoms with Crippen LogP contribution in [0.4, 0.5) is 0 Å². The summed E-state index contributed by atoms with van der Waals surface area (Å²) in [6.07, 6.45) is 4.89. The zero-order valence-electron chi connectivity index (χ0n) is 13.9. The number of carbonyl (C=O) groups excluding carboxylic acids is 2. The summed E-state index contributed by atoms with van der Waals surface area (Å²) in [6, 6.07) is 0. The molecule has 2 aliphatic heterocycles. The van der Waals surface area contributed by atoms with Gasteiger partial charge in [-0.15, -0.1) is 0 Å². The standard InChI is InChI=1S/C17H28N2O4/c1-22-16(21)13(12-2-8-23-9-3-12)11-19-15(20)14-10-17(14)4-6-18-7-5-17/h12-14,18H,2-11H2,1H3,(H,19,20). The summed E-state index contributed by atoms with van der Waals surface area (Å²) in [6.45, 7) is 3.78. The van der Waals surface area contributed by atoms with E-state index in [1.54, 1.807) is 0 Å². The highest BCUT2D eigenvalue weighted by molar-refractivity contribution is 5.83. The SMILES string of the molecule is COC(=O)C(CNC(=O)C1CC12CCNCC2)C1CCOCC1. The summed E-state index contributed by atoms with van der Waals surface area (Å²) in [5.74, 6) is 0.0224. The van der Waals surface area contributed by atoms with Gasteiger partial charge in [-0.2, -0.15) is 0 Å². The normalized spacial score (nSPS) is 28.1. The van der Waals surface area contributed by atoms with Crippen LogP contribution in [0.15, 0.2) is 0 Å². The second-order valence-electron chi connectivity index (χ2n) is 7.19. The van der Waals surface area contributed by atoms with Gasteiger partial charge in [-0.3, -0.25) is 9.59 Å². The Morgan fingerprint density at radius 1 is 1.30 bits per heavy atom. The van der Waals surface area contributed by atoms with Gasteiger partial charge < -0.3 is 20.1 Å². The van der Waals surface area contributed by atoms with Gasteiger partial charge in [0.2, 0.25) is 5.91 Å². The van der Waals surface area contributed by atoms with Gasteiger partial charge in [0.15, 0.2) is 0 Å². The van der Waals surface area contributed by atoms with Gasteiger partial charge in [0.1, 0.15) is 0 Å². The van der Waals surface area contributed by atoms with E-state index in [0.29, 0.717) is 19.8 Å². The van der Waals surface area contributed by atoms with E-state index in [1.807, 2.05) is 0 Å². The van der Waals surface area contributed by atoms with Crippen molar-refractivity contribution in [2.45, 2.75) is 32.1 Å². The quantitative estimate of drug-likeness (QED) is 0.728. The second-order valence-corrected chi connectivity index (χ2v) is 7.19. The molecule has 130 valence electrons. The van der Waals surface area contributed by atoms with Crippen LogP contribution < -0.4 is 10.6 Å². The third-order valence-electron chi connectivity index (χ3n) is 5.94. The Labute approximate surface area is 137 Å². The zero-order valence-corrected chi connectivity index (χ0v) is 13.9. The number of amides is 1. The molecule has 1 aliphatic carbocycles. The van der Waals surface area contributed by atoms with Crippen molar-refractivity contribution in [2.75, 3.05) is 40.0 Å². The van der Waals surface area contributed by atoms with E-state index in [-0.39, 0.29) is 35.0 Å². The number of nitrogens with one attached hydrogen (secondary N) is 2. The molecule has 0 aromatic rings. The van der Waals surface area contributed by atoms with Crippen molar-refractivity contribution in [2.24, 2.45) is 23.2 Å². The largest absolute Gasteiger partial charge is 0.469 e. The molecule has 3 aliphatic rings. The van der Waals surface area contributed by atoms with Crippen LogP contribution in [0, 0.1) is 23.2 Å². The highest BCUT2D eigenvalue weighted by atomic mass is 16.5. The predicted molar refractivity (Wildman–Crippen MR) is 84.7 cm³/mol. The lowest BCUT2D eigenvalue weighted by Gasteiger charge is -2.29. The highest BCUT2D eigenvalue weighted by Gasteiger charge is 2.57. The molecule has 2 heterocycles. The van der Waals surface area contributed by atoms with Crippen LogP contribution >= 0.6 is 0 Å². The van der Waals surface area contributed by atoms with Gasteiger partial charge >= 0.3 is 5.97 Å². The molecule has 23 heavy (non-hydrogen) atoms. The topological polar surface area (TPSA) is 76.7 Å². The van der Waals surface area contributed by atoms with Gasteiger partial charge in [-0.25, -0.2) is 0 Å². The molecular weight excluding hydrogens is 296 g/mol. The van der Waals surface area contributed by atoms with Crippen LogP contribution in [0.2, 0.25) is 0 Å². The average Bonchev–Trinajstić information content (AvgIpc) is 3.29. The third-order valence-corrected chi connectivity index (χ3v) is 5.94. The summed E-state index contributed by atoms with van der Waals surface area (Å²) in [7, 11) is 1.42. The average molecular weight is 324 g/mol. The first-order valence-corrected chi connectivity index (χ1v) is 8.80. The number of methoxy groups -OCH3 is 1. The Morgan fingerprint density at radius 2 is 2.00 bits per heavy atom. The Morgan fingerprint density at radius 3 is 2.65 bits per heavy atom. The molecule has 3 rings (SSSR count). The molecule has 2 unspecified atom stereocenters. The van der Waals surface area contributed by atoms with E-state index in [2.05, 4.69) is 10.6 Å². The van der Waals surface area contributed by atoms with E-state index < -0.39 is 0 Å². The van der Waals surface area contributed by atoms with Gasteiger partial charge in [-0.1, -0.05) is 0 Å². The Hall–Kier alpha value is -1.14. The fraction of sp³-hybridized carbons (Fsp3) is 0.882. The molecule has 1 saturated carbocycles. The molecule has 0 radical (unpaired) electrons. The molecule has 1 spiro atoms. The number of carbonyl (C=O) groups is 2.